The molecule has 2 aromatic carbocycles. The number of hydrogen-bond acceptors (Lipinski definition) is 8. The molecule has 1 amide bonds. The van der Waals surface area contributed by atoms with Gasteiger partial charge in [-0.2, -0.15) is 0 Å². The van der Waals surface area contributed by atoms with Crippen LogP contribution in [0, 0.1) is 12.8 Å². The molecule has 0 unspecified atom stereocenters. The van der Waals surface area contributed by atoms with Crippen LogP contribution >= 0.6 is 0 Å². The van der Waals surface area contributed by atoms with Crippen molar-refractivity contribution in [1.29, 1.82) is 0 Å². The Morgan fingerprint density at radius 2 is 1.77 bits per heavy atom. The number of carbonyl (C=O) groups is 2. The van der Waals surface area contributed by atoms with E-state index in [0.717, 1.165) is 5.56 Å². The van der Waals surface area contributed by atoms with E-state index < -0.39 is 17.9 Å². The molecule has 0 radical (unpaired) electrons. The summed E-state index contributed by atoms with van der Waals surface area (Å²) in [7, 11) is 4.67. The Morgan fingerprint density at radius 1 is 1.03 bits per heavy atom. The molecule has 1 aliphatic rings. The molecule has 1 fully saturated rings. The van der Waals surface area contributed by atoms with Gasteiger partial charge in [0.1, 0.15) is 5.75 Å². The first-order valence-electron chi connectivity index (χ1n) is 11.2. The summed E-state index contributed by atoms with van der Waals surface area (Å²) in [5.74, 6) is 1.04. The zero-order valence-corrected chi connectivity index (χ0v) is 20.1. The molecule has 1 saturated heterocycles. The normalized spacial score (nSPS) is 17.7. The second-order valence-corrected chi connectivity index (χ2v) is 8.21. The van der Waals surface area contributed by atoms with Gasteiger partial charge in [0.15, 0.2) is 23.9 Å². The van der Waals surface area contributed by atoms with Gasteiger partial charge in [0.05, 0.1) is 39.0 Å². The number of nitrogens with zero attached hydrogens (tertiary/aromatic N) is 2. The van der Waals surface area contributed by atoms with E-state index in [1.54, 1.807) is 75.6 Å². The molecule has 184 valence electrons. The van der Waals surface area contributed by atoms with Crippen LogP contribution in [0.4, 0.5) is 5.69 Å². The van der Waals surface area contributed by atoms with Gasteiger partial charge >= 0.3 is 5.97 Å². The van der Waals surface area contributed by atoms with E-state index >= 15 is 0 Å². The minimum absolute atomic E-state index is 0.0364. The third kappa shape index (κ3) is 5.08. The van der Waals surface area contributed by atoms with E-state index in [-0.39, 0.29) is 18.9 Å². The quantitative estimate of drug-likeness (QED) is 0.442. The van der Waals surface area contributed by atoms with Gasteiger partial charge in [-0.25, -0.2) is 0 Å². The Balaban J connectivity index is 1.72. The van der Waals surface area contributed by atoms with Crippen molar-refractivity contribution in [2.75, 3.05) is 26.2 Å². The predicted octanol–water partition coefficient (Wildman–Crippen LogP) is 4.24. The third-order valence-electron chi connectivity index (χ3n) is 6.03. The highest BCUT2D eigenvalue weighted by atomic mass is 16.6. The number of aryl methyl sites for hydroxylation is 1. The van der Waals surface area contributed by atoms with Crippen molar-refractivity contribution in [3.05, 3.63) is 65.5 Å². The monoisotopic (exact) mass is 480 g/mol. The lowest BCUT2D eigenvalue weighted by atomic mass is 9.83. The lowest BCUT2D eigenvalue weighted by Crippen LogP contribution is -2.46. The van der Waals surface area contributed by atoms with Gasteiger partial charge in [0, 0.05) is 18.2 Å². The number of methoxy groups -OCH3 is 3. The van der Waals surface area contributed by atoms with Crippen LogP contribution in [0.15, 0.2) is 53.1 Å². The number of benzene rings is 2. The number of rotatable bonds is 8. The van der Waals surface area contributed by atoms with Crippen LogP contribution in [-0.4, -0.2) is 38.4 Å². The Morgan fingerprint density at radius 3 is 2.40 bits per heavy atom. The molecular formula is C26H28N2O7. The molecule has 35 heavy (non-hydrogen) atoms. The zero-order chi connectivity index (χ0) is 24.9. The van der Waals surface area contributed by atoms with Crippen LogP contribution in [-0.2, 0) is 20.9 Å². The zero-order valence-electron chi connectivity index (χ0n) is 20.1. The van der Waals surface area contributed by atoms with Gasteiger partial charge in [0.25, 0.3) is 0 Å². The molecule has 0 aliphatic carbocycles. The Labute approximate surface area is 203 Å². The first-order chi connectivity index (χ1) is 16.9. The maximum absolute atomic E-state index is 13.3. The molecule has 4 rings (SSSR count). The average molecular weight is 481 g/mol. The fraction of sp³-hybridized carbons (Fsp3) is 0.346. The minimum Gasteiger partial charge on any atom is -0.497 e. The lowest BCUT2D eigenvalue weighted by molar-refractivity contribution is -0.152. The average Bonchev–Trinajstić information content (AvgIpc) is 3.31. The summed E-state index contributed by atoms with van der Waals surface area (Å²) in [6, 6.07) is 13.6. The molecule has 1 aliphatic heterocycles. The highest BCUT2D eigenvalue weighted by Crippen LogP contribution is 2.43. The summed E-state index contributed by atoms with van der Waals surface area (Å²) in [4.78, 5) is 28.2. The number of piperidine rings is 1. The highest BCUT2D eigenvalue weighted by Gasteiger charge is 2.42. The summed E-state index contributed by atoms with van der Waals surface area (Å²) >= 11 is 0. The van der Waals surface area contributed by atoms with Gasteiger partial charge in [-0.05, 0) is 55.3 Å². The number of anilines is 1. The third-order valence-corrected chi connectivity index (χ3v) is 6.03. The van der Waals surface area contributed by atoms with Crippen LogP contribution in [0.3, 0.4) is 0 Å². The molecule has 1 aromatic heterocycles. The van der Waals surface area contributed by atoms with E-state index in [1.165, 1.54) is 0 Å². The van der Waals surface area contributed by atoms with Crippen molar-refractivity contribution in [1.82, 2.24) is 5.16 Å². The molecule has 9 nitrogen and oxygen atoms in total. The van der Waals surface area contributed by atoms with Crippen molar-refractivity contribution < 1.29 is 33.1 Å². The Kier molecular flexibility index (Phi) is 7.24. The maximum atomic E-state index is 13.3. The summed E-state index contributed by atoms with van der Waals surface area (Å²) in [6.45, 7) is 1.76. The maximum Gasteiger partial charge on any atom is 0.311 e. The number of esters is 1. The van der Waals surface area contributed by atoms with E-state index in [9.17, 15) is 9.59 Å². The molecule has 2 heterocycles. The predicted molar refractivity (Wildman–Crippen MR) is 127 cm³/mol. The van der Waals surface area contributed by atoms with E-state index in [0.29, 0.717) is 40.8 Å². The molecule has 0 bridgehead atoms. The smallest absolute Gasteiger partial charge is 0.311 e. The summed E-state index contributed by atoms with van der Waals surface area (Å²) in [5.41, 5.74) is 2.08. The number of ether oxygens (including phenoxy) is 4. The number of amides is 1. The number of aromatic nitrogens is 1. The molecule has 9 heteroatoms. The first kappa shape index (κ1) is 24.1. The first-order valence-corrected chi connectivity index (χ1v) is 11.2. The molecule has 0 saturated carbocycles. The summed E-state index contributed by atoms with van der Waals surface area (Å²) in [5, 5.41) is 3.83. The molecule has 3 aromatic rings. The molecule has 0 spiro atoms. The molecule has 2 atom stereocenters. The van der Waals surface area contributed by atoms with Crippen LogP contribution in [0.2, 0.25) is 0 Å². The van der Waals surface area contributed by atoms with Gasteiger partial charge < -0.3 is 28.4 Å². The van der Waals surface area contributed by atoms with Crippen molar-refractivity contribution in [3.63, 3.8) is 0 Å². The molecular weight excluding hydrogens is 452 g/mol. The van der Waals surface area contributed by atoms with Crippen LogP contribution in [0.1, 0.15) is 35.9 Å². The van der Waals surface area contributed by atoms with Gasteiger partial charge in [0.2, 0.25) is 5.91 Å². The second kappa shape index (κ2) is 10.5. The SMILES string of the molecule is COc1ccc(N2C(=O)CC[C@H](C(=O)OCc3cc(C)no3)[C@H]2c2ccc(OC)c(OC)c2)cc1. The summed E-state index contributed by atoms with van der Waals surface area (Å²) < 4.78 is 26.9. The van der Waals surface area contributed by atoms with Crippen LogP contribution < -0.4 is 19.1 Å². The van der Waals surface area contributed by atoms with Crippen molar-refractivity contribution >= 4 is 17.6 Å². The van der Waals surface area contributed by atoms with Crippen molar-refractivity contribution in [3.8, 4) is 17.2 Å². The highest BCUT2D eigenvalue weighted by molar-refractivity contribution is 5.97. The Hall–Kier alpha value is -4.01. The van der Waals surface area contributed by atoms with Crippen LogP contribution in [0.5, 0.6) is 17.2 Å². The van der Waals surface area contributed by atoms with Gasteiger partial charge in [-0.15, -0.1) is 0 Å². The second-order valence-electron chi connectivity index (χ2n) is 8.21. The van der Waals surface area contributed by atoms with Crippen molar-refractivity contribution in [2.45, 2.75) is 32.4 Å². The summed E-state index contributed by atoms with van der Waals surface area (Å²) in [6.07, 6.45) is 0.551. The van der Waals surface area contributed by atoms with Crippen molar-refractivity contribution in [2.24, 2.45) is 5.92 Å². The lowest BCUT2D eigenvalue weighted by Gasteiger charge is -2.40. The molecule has 0 N–H and O–H groups in total. The van der Waals surface area contributed by atoms with E-state index in [1.807, 2.05) is 6.07 Å². The van der Waals surface area contributed by atoms with Gasteiger partial charge in [-0.3, -0.25) is 9.59 Å². The topological polar surface area (TPSA) is 100 Å². The largest absolute Gasteiger partial charge is 0.497 e. The van der Waals surface area contributed by atoms with E-state index in [4.69, 9.17) is 23.5 Å². The number of carbonyl (C=O) groups excluding carboxylic acids is 2. The standard InChI is InChI=1S/C26H28N2O7/c1-16-13-20(35-27-16)15-34-26(30)21-10-12-24(29)28(18-6-8-19(31-2)9-7-18)25(21)17-5-11-22(32-3)23(14-17)33-4/h5-9,11,13-14,21,25H,10,12,15H2,1-4H3/t21-,25+/m0/s1. The Bertz CT molecular complexity index is 1190. The fourth-order valence-corrected chi connectivity index (χ4v) is 4.34. The fourth-order valence-electron chi connectivity index (χ4n) is 4.34. The minimum atomic E-state index is -0.617. The van der Waals surface area contributed by atoms with E-state index in [2.05, 4.69) is 5.16 Å². The number of hydrogen-bond donors (Lipinski definition) is 0. The van der Waals surface area contributed by atoms with Crippen LogP contribution in [0.25, 0.3) is 0 Å². The van der Waals surface area contributed by atoms with Gasteiger partial charge in [-0.1, -0.05) is 11.2 Å².